The number of nitrogens with zero attached hydrogens (tertiary/aromatic N) is 1. The van der Waals surface area contributed by atoms with E-state index in [-0.39, 0.29) is 12.1 Å². The van der Waals surface area contributed by atoms with Gasteiger partial charge in [0.2, 0.25) is 0 Å². The van der Waals surface area contributed by atoms with E-state index in [2.05, 4.69) is 15.5 Å². The second kappa shape index (κ2) is 7.65. The van der Waals surface area contributed by atoms with Gasteiger partial charge < -0.3 is 10.4 Å². The molecule has 1 atom stereocenters. The molecule has 6 heteroatoms. The van der Waals surface area contributed by atoms with Gasteiger partial charge in [-0.15, -0.1) is 0 Å². The van der Waals surface area contributed by atoms with Crippen LogP contribution in [0.2, 0.25) is 0 Å². The van der Waals surface area contributed by atoms with Crippen LogP contribution in [0.3, 0.4) is 0 Å². The minimum absolute atomic E-state index is 0.209. The molecule has 0 aliphatic heterocycles. The highest BCUT2D eigenvalue weighted by molar-refractivity contribution is 5.95. The topological polar surface area (TPSA) is 95.1 Å². The summed E-state index contributed by atoms with van der Waals surface area (Å²) in [5.74, 6) is -1.58. The highest BCUT2D eigenvalue weighted by Gasteiger charge is 2.22. The van der Waals surface area contributed by atoms with Crippen LogP contribution in [0, 0.1) is 6.92 Å². The van der Waals surface area contributed by atoms with E-state index in [4.69, 9.17) is 0 Å². The number of carboxylic acid groups (broad SMARTS) is 1. The fourth-order valence-corrected chi connectivity index (χ4v) is 2.60. The predicted octanol–water partition coefficient (Wildman–Crippen LogP) is 2.81. The predicted molar refractivity (Wildman–Crippen MR) is 97.8 cm³/mol. The van der Waals surface area contributed by atoms with Crippen molar-refractivity contribution in [3.63, 3.8) is 0 Å². The van der Waals surface area contributed by atoms with Gasteiger partial charge in [0.25, 0.3) is 5.91 Å². The van der Waals surface area contributed by atoms with Crippen molar-refractivity contribution >= 4 is 11.9 Å². The molecule has 3 N–H and O–H groups in total. The summed E-state index contributed by atoms with van der Waals surface area (Å²) in [5.41, 5.74) is 3.70. The number of carboxylic acids is 1. The van der Waals surface area contributed by atoms with Crippen molar-refractivity contribution in [2.75, 3.05) is 0 Å². The molecule has 0 unspecified atom stereocenters. The Labute approximate surface area is 150 Å². The molecule has 0 saturated carbocycles. The Bertz CT molecular complexity index is 902. The van der Waals surface area contributed by atoms with Crippen LogP contribution in [0.25, 0.3) is 11.3 Å². The number of nitrogens with one attached hydrogen (secondary N) is 2. The van der Waals surface area contributed by atoms with Gasteiger partial charge in [0.05, 0.1) is 5.69 Å². The largest absolute Gasteiger partial charge is 0.480 e. The summed E-state index contributed by atoms with van der Waals surface area (Å²) in [7, 11) is 0. The average Bonchev–Trinajstić information content (AvgIpc) is 3.13. The fraction of sp³-hybridized carbons (Fsp3) is 0.150. The summed E-state index contributed by atoms with van der Waals surface area (Å²) in [6.45, 7) is 1.99. The zero-order valence-electron chi connectivity index (χ0n) is 14.3. The number of aromatic amines is 1. The van der Waals surface area contributed by atoms with Gasteiger partial charge in [-0.25, -0.2) is 4.79 Å². The molecule has 0 saturated heterocycles. The van der Waals surface area contributed by atoms with Crippen LogP contribution in [0.4, 0.5) is 0 Å². The summed E-state index contributed by atoms with van der Waals surface area (Å²) in [5, 5.41) is 18.8. The molecule has 1 aromatic heterocycles. The van der Waals surface area contributed by atoms with Crippen LogP contribution in [-0.4, -0.2) is 33.2 Å². The standard InChI is InChI=1S/C20H19N3O3/c1-13-7-9-15(10-8-13)16-12-17(23-22-16)19(24)21-18(20(25)26)11-14-5-3-2-4-6-14/h2-10,12,18H,11H2,1H3,(H,21,24)(H,22,23)(H,25,26)/t18-/m0/s1. The summed E-state index contributed by atoms with van der Waals surface area (Å²) >= 11 is 0. The Morgan fingerprint density at radius 2 is 1.81 bits per heavy atom. The lowest BCUT2D eigenvalue weighted by Gasteiger charge is -2.13. The highest BCUT2D eigenvalue weighted by Crippen LogP contribution is 2.18. The fourth-order valence-electron chi connectivity index (χ4n) is 2.60. The quantitative estimate of drug-likeness (QED) is 0.638. The number of aromatic nitrogens is 2. The van der Waals surface area contributed by atoms with Crippen LogP contribution < -0.4 is 5.32 Å². The van der Waals surface area contributed by atoms with Gasteiger partial charge in [0.1, 0.15) is 11.7 Å². The van der Waals surface area contributed by atoms with E-state index >= 15 is 0 Å². The molecular weight excluding hydrogens is 330 g/mol. The Morgan fingerprint density at radius 1 is 1.12 bits per heavy atom. The van der Waals surface area contributed by atoms with Crippen LogP contribution in [0.1, 0.15) is 21.6 Å². The molecule has 3 rings (SSSR count). The first-order valence-electron chi connectivity index (χ1n) is 8.23. The summed E-state index contributed by atoms with van der Waals surface area (Å²) < 4.78 is 0. The number of hydrogen-bond donors (Lipinski definition) is 3. The van der Waals surface area contributed by atoms with Crippen molar-refractivity contribution < 1.29 is 14.7 Å². The van der Waals surface area contributed by atoms with E-state index in [0.717, 1.165) is 16.7 Å². The van der Waals surface area contributed by atoms with Gasteiger partial charge in [0.15, 0.2) is 0 Å². The van der Waals surface area contributed by atoms with Crippen molar-refractivity contribution in [3.05, 3.63) is 77.5 Å². The number of amides is 1. The Hall–Kier alpha value is -3.41. The molecule has 0 radical (unpaired) electrons. The first kappa shape index (κ1) is 17.4. The monoisotopic (exact) mass is 349 g/mol. The maximum absolute atomic E-state index is 12.4. The number of benzene rings is 2. The molecule has 1 amide bonds. The van der Waals surface area contributed by atoms with Crippen molar-refractivity contribution in [2.45, 2.75) is 19.4 Å². The second-order valence-electron chi connectivity index (χ2n) is 6.09. The molecule has 132 valence electrons. The number of carbonyl (C=O) groups is 2. The van der Waals surface area contributed by atoms with E-state index < -0.39 is 17.9 Å². The molecule has 0 bridgehead atoms. The van der Waals surface area contributed by atoms with Crippen LogP contribution in [0.15, 0.2) is 60.7 Å². The maximum Gasteiger partial charge on any atom is 0.326 e. The van der Waals surface area contributed by atoms with Crippen LogP contribution >= 0.6 is 0 Å². The molecule has 2 aromatic carbocycles. The Kier molecular flexibility index (Phi) is 5.12. The van der Waals surface area contributed by atoms with Gasteiger partial charge >= 0.3 is 5.97 Å². The lowest BCUT2D eigenvalue weighted by molar-refractivity contribution is -0.139. The molecule has 6 nitrogen and oxygen atoms in total. The van der Waals surface area contributed by atoms with Crippen LogP contribution in [0.5, 0.6) is 0 Å². The molecule has 1 heterocycles. The third kappa shape index (κ3) is 4.16. The lowest BCUT2D eigenvalue weighted by Crippen LogP contribution is -2.42. The van der Waals surface area contributed by atoms with Crippen LogP contribution in [-0.2, 0) is 11.2 Å². The molecule has 26 heavy (non-hydrogen) atoms. The van der Waals surface area contributed by atoms with Crippen molar-refractivity contribution in [1.82, 2.24) is 15.5 Å². The number of carbonyl (C=O) groups excluding carboxylic acids is 1. The second-order valence-corrected chi connectivity index (χ2v) is 6.09. The minimum Gasteiger partial charge on any atom is -0.480 e. The molecule has 0 aliphatic rings. The summed E-state index contributed by atoms with van der Waals surface area (Å²) in [4.78, 5) is 23.9. The highest BCUT2D eigenvalue weighted by atomic mass is 16.4. The van der Waals surface area contributed by atoms with Gasteiger partial charge in [-0.3, -0.25) is 9.89 Å². The van der Waals surface area contributed by atoms with Crippen molar-refractivity contribution in [3.8, 4) is 11.3 Å². The van der Waals surface area contributed by atoms with Gasteiger partial charge in [-0.1, -0.05) is 60.2 Å². The van der Waals surface area contributed by atoms with E-state index in [9.17, 15) is 14.7 Å². The van der Waals surface area contributed by atoms with Crippen molar-refractivity contribution in [1.29, 1.82) is 0 Å². The number of hydrogen-bond acceptors (Lipinski definition) is 3. The zero-order valence-corrected chi connectivity index (χ0v) is 14.3. The summed E-state index contributed by atoms with van der Waals surface area (Å²) in [6, 6.07) is 17.5. The first-order chi connectivity index (χ1) is 12.5. The molecule has 0 aliphatic carbocycles. The third-order valence-electron chi connectivity index (χ3n) is 4.06. The first-order valence-corrected chi connectivity index (χ1v) is 8.23. The van der Waals surface area contributed by atoms with E-state index in [1.165, 1.54) is 0 Å². The zero-order chi connectivity index (χ0) is 18.5. The third-order valence-corrected chi connectivity index (χ3v) is 4.06. The van der Waals surface area contributed by atoms with E-state index in [1.807, 2.05) is 61.5 Å². The molecule has 3 aromatic rings. The molecule has 0 fully saturated rings. The normalized spacial score (nSPS) is 11.7. The number of aryl methyl sites for hydroxylation is 1. The van der Waals surface area contributed by atoms with E-state index in [0.29, 0.717) is 5.69 Å². The number of rotatable bonds is 6. The van der Waals surface area contributed by atoms with Crippen molar-refractivity contribution in [2.24, 2.45) is 0 Å². The van der Waals surface area contributed by atoms with Gasteiger partial charge in [-0.2, -0.15) is 5.10 Å². The number of aliphatic carboxylic acids is 1. The minimum atomic E-state index is -1.08. The van der Waals surface area contributed by atoms with Gasteiger partial charge in [0, 0.05) is 12.0 Å². The Morgan fingerprint density at radius 3 is 2.46 bits per heavy atom. The molecular formula is C20H19N3O3. The summed E-state index contributed by atoms with van der Waals surface area (Å²) in [6.07, 6.45) is 0.209. The Balaban J connectivity index is 1.72. The van der Waals surface area contributed by atoms with E-state index in [1.54, 1.807) is 6.07 Å². The number of H-pyrrole nitrogens is 1. The smallest absolute Gasteiger partial charge is 0.326 e. The lowest BCUT2D eigenvalue weighted by atomic mass is 10.1. The maximum atomic E-state index is 12.4. The molecule has 0 spiro atoms. The SMILES string of the molecule is Cc1ccc(-c2cc(C(=O)N[C@@H](Cc3ccccc3)C(=O)O)[nH]n2)cc1. The van der Waals surface area contributed by atoms with Gasteiger partial charge in [-0.05, 0) is 18.6 Å². The average molecular weight is 349 g/mol.